The first-order chi connectivity index (χ1) is 12.7. The van der Waals surface area contributed by atoms with Crippen LogP contribution in [0, 0.1) is 5.82 Å². The van der Waals surface area contributed by atoms with Crippen molar-refractivity contribution in [2.24, 2.45) is 0 Å². The Morgan fingerprint density at radius 1 is 1.19 bits per heavy atom. The molecule has 5 rings (SSSR count). The van der Waals surface area contributed by atoms with Crippen LogP contribution in [0.2, 0.25) is 0 Å². The van der Waals surface area contributed by atoms with E-state index in [-0.39, 0.29) is 11.7 Å². The van der Waals surface area contributed by atoms with Gasteiger partial charge in [0.25, 0.3) is 5.91 Å². The zero-order chi connectivity index (χ0) is 17.7. The Kier molecular flexibility index (Phi) is 3.58. The predicted octanol–water partition coefficient (Wildman–Crippen LogP) is 3.47. The molecule has 2 aromatic heterocycles. The molecular weight excluding hydrogens is 331 g/mol. The van der Waals surface area contributed by atoms with Gasteiger partial charge >= 0.3 is 0 Å². The monoisotopic (exact) mass is 352 g/mol. The summed E-state index contributed by atoms with van der Waals surface area (Å²) in [4.78, 5) is 17.9. The molecule has 6 heteroatoms. The standard InChI is InChI=1S/C20H21FN4O/c21-14-3-4-18-16(10-14)17(12-22-18)13-5-8-24(9-6-13)20(26)19-11-15-2-1-7-25(15)23-19/h3-4,10-13,22H,1-2,5-9H2. The molecule has 5 nitrogen and oxygen atoms in total. The summed E-state index contributed by atoms with van der Waals surface area (Å²) < 4.78 is 15.6. The van der Waals surface area contributed by atoms with Crippen molar-refractivity contribution in [2.45, 2.75) is 38.1 Å². The summed E-state index contributed by atoms with van der Waals surface area (Å²) in [5.74, 6) is 0.177. The van der Waals surface area contributed by atoms with Crippen LogP contribution < -0.4 is 0 Å². The lowest BCUT2D eigenvalue weighted by Gasteiger charge is -2.31. The molecule has 2 aliphatic rings. The molecular formula is C20H21FN4O. The maximum atomic E-state index is 13.6. The number of carbonyl (C=O) groups is 1. The van der Waals surface area contributed by atoms with E-state index < -0.39 is 0 Å². The number of benzene rings is 1. The van der Waals surface area contributed by atoms with E-state index in [0.717, 1.165) is 48.7 Å². The van der Waals surface area contributed by atoms with Gasteiger partial charge in [0, 0.05) is 42.4 Å². The lowest BCUT2D eigenvalue weighted by molar-refractivity contribution is 0.0706. The van der Waals surface area contributed by atoms with Gasteiger partial charge in [0.05, 0.1) is 0 Å². The highest BCUT2D eigenvalue weighted by atomic mass is 19.1. The van der Waals surface area contributed by atoms with Crippen molar-refractivity contribution >= 4 is 16.8 Å². The number of carbonyl (C=O) groups excluding carboxylic acids is 1. The number of rotatable bonds is 2. The fourth-order valence-electron chi connectivity index (χ4n) is 4.37. The van der Waals surface area contributed by atoms with E-state index in [0.29, 0.717) is 24.7 Å². The van der Waals surface area contributed by atoms with Crippen LogP contribution in [0.5, 0.6) is 0 Å². The summed E-state index contributed by atoms with van der Waals surface area (Å²) in [5.41, 5.74) is 3.87. The third-order valence-electron chi connectivity index (χ3n) is 5.78. The number of nitrogens with one attached hydrogen (secondary N) is 1. The number of halogens is 1. The van der Waals surface area contributed by atoms with Gasteiger partial charge in [-0.2, -0.15) is 5.10 Å². The second-order valence-electron chi connectivity index (χ2n) is 7.35. The molecule has 3 aromatic rings. The molecule has 0 saturated carbocycles. The molecule has 0 spiro atoms. The van der Waals surface area contributed by atoms with E-state index in [1.807, 2.05) is 21.8 Å². The number of aromatic amines is 1. The van der Waals surface area contributed by atoms with Crippen molar-refractivity contribution < 1.29 is 9.18 Å². The molecule has 4 heterocycles. The van der Waals surface area contributed by atoms with Crippen LogP contribution in [-0.4, -0.2) is 38.7 Å². The van der Waals surface area contributed by atoms with Crippen molar-refractivity contribution in [1.29, 1.82) is 0 Å². The second kappa shape index (κ2) is 5.97. The molecule has 1 N–H and O–H groups in total. The van der Waals surface area contributed by atoms with Crippen LogP contribution in [0.25, 0.3) is 10.9 Å². The number of fused-ring (bicyclic) bond motifs is 2. The van der Waals surface area contributed by atoms with Crippen LogP contribution in [0.1, 0.15) is 46.9 Å². The molecule has 134 valence electrons. The first-order valence-corrected chi connectivity index (χ1v) is 9.31. The van der Waals surface area contributed by atoms with Crippen molar-refractivity contribution in [3.05, 3.63) is 53.2 Å². The van der Waals surface area contributed by atoms with Crippen LogP contribution in [0.3, 0.4) is 0 Å². The Hall–Kier alpha value is -2.63. The highest BCUT2D eigenvalue weighted by Gasteiger charge is 2.28. The molecule has 26 heavy (non-hydrogen) atoms. The molecule has 1 fully saturated rings. The normalized spacial score (nSPS) is 17.8. The summed E-state index contributed by atoms with van der Waals surface area (Å²) in [6, 6.07) is 6.81. The molecule has 2 aliphatic heterocycles. The number of amides is 1. The summed E-state index contributed by atoms with van der Waals surface area (Å²) >= 11 is 0. The summed E-state index contributed by atoms with van der Waals surface area (Å²) in [7, 11) is 0. The van der Waals surface area contributed by atoms with Crippen LogP contribution >= 0.6 is 0 Å². The molecule has 1 amide bonds. The SMILES string of the molecule is O=C(c1cc2n(n1)CCC2)N1CCC(c2c[nH]c3ccc(F)cc23)CC1. The summed E-state index contributed by atoms with van der Waals surface area (Å²) in [5, 5.41) is 5.42. The Morgan fingerprint density at radius 3 is 2.85 bits per heavy atom. The summed E-state index contributed by atoms with van der Waals surface area (Å²) in [6.45, 7) is 2.35. The van der Waals surface area contributed by atoms with Gasteiger partial charge in [-0.15, -0.1) is 0 Å². The van der Waals surface area contributed by atoms with Gasteiger partial charge in [0.1, 0.15) is 5.82 Å². The number of hydrogen-bond acceptors (Lipinski definition) is 2. The maximum absolute atomic E-state index is 13.6. The number of piperidine rings is 1. The minimum absolute atomic E-state index is 0.0373. The minimum Gasteiger partial charge on any atom is -0.361 e. The quantitative estimate of drug-likeness (QED) is 0.768. The van der Waals surface area contributed by atoms with Crippen molar-refractivity contribution in [3.63, 3.8) is 0 Å². The molecule has 0 bridgehead atoms. The van der Waals surface area contributed by atoms with Gasteiger partial charge in [0.2, 0.25) is 0 Å². The average Bonchev–Trinajstić information content (AvgIpc) is 3.35. The zero-order valence-electron chi connectivity index (χ0n) is 14.5. The number of likely N-dealkylation sites (tertiary alicyclic amines) is 1. The van der Waals surface area contributed by atoms with Gasteiger partial charge in [-0.05, 0) is 61.4 Å². The predicted molar refractivity (Wildman–Crippen MR) is 96.7 cm³/mol. The largest absolute Gasteiger partial charge is 0.361 e. The van der Waals surface area contributed by atoms with Gasteiger partial charge in [-0.1, -0.05) is 0 Å². The van der Waals surface area contributed by atoms with Crippen molar-refractivity contribution in [2.75, 3.05) is 13.1 Å². The van der Waals surface area contributed by atoms with E-state index in [9.17, 15) is 9.18 Å². The number of hydrogen-bond donors (Lipinski definition) is 1. The second-order valence-corrected chi connectivity index (χ2v) is 7.35. The molecule has 0 unspecified atom stereocenters. The minimum atomic E-state index is -0.209. The van der Waals surface area contributed by atoms with Gasteiger partial charge < -0.3 is 9.88 Å². The first kappa shape index (κ1) is 15.6. The number of aryl methyl sites for hydroxylation is 2. The Labute approximate surface area is 150 Å². The molecule has 0 radical (unpaired) electrons. The maximum Gasteiger partial charge on any atom is 0.274 e. The third kappa shape index (κ3) is 2.52. The summed E-state index contributed by atoms with van der Waals surface area (Å²) in [6.07, 6.45) is 5.91. The third-order valence-corrected chi connectivity index (χ3v) is 5.78. The zero-order valence-corrected chi connectivity index (χ0v) is 14.5. The highest BCUT2D eigenvalue weighted by molar-refractivity contribution is 5.92. The van der Waals surface area contributed by atoms with E-state index in [2.05, 4.69) is 10.1 Å². The lowest BCUT2D eigenvalue weighted by atomic mass is 9.89. The number of nitrogens with zero attached hydrogens (tertiary/aromatic N) is 3. The topological polar surface area (TPSA) is 53.9 Å². The smallest absolute Gasteiger partial charge is 0.274 e. The Balaban J connectivity index is 1.31. The van der Waals surface area contributed by atoms with Crippen LogP contribution in [0.4, 0.5) is 4.39 Å². The first-order valence-electron chi connectivity index (χ1n) is 9.31. The molecule has 1 saturated heterocycles. The van der Waals surface area contributed by atoms with Crippen molar-refractivity contribution in [1.82, 2.24) is 19.7 Å². The van der Waals surface area contributed by atoms with Crippen LogP contribution in [0.15, 0.2) is 30.5 Å². The van der Waals surface area contributed by atoms with Crippen LogP contribution in [-0.2, 0) is 13.0 Å². The van der Waals surface area contributed by atoms with Crippen molar-refractivity contribution in [3.8, 4) is 0 Å². The lowest BCUT2D eigenvalue weighted by Crippen LogP contribution is -2.38. The number of aromatic nitrogens is 3. The molecule has 0 aliphatic carbocycles. The Bertz CT molecular complexity index is 960. The van der Waals surface area contributed by atoms with Gasteiger partial charge in [0.15, 0.2) is 5.69 Å². The molecule has 1 aromatic carbocycles. The molecule has 0 atom stereocenters. The highest BCUT2D eigenvalue weighted by Crippen LogP contribution is 2.34. The average molecular weight is 352 g/mol. The van der Waals surface area contributed by atoms with Gasteiger partial charge in [-0.25, -0.2) is 4.39 Å². The fraction of sp³-hybridized carbons (Fsp3) is 0.400. The fourth-order valence-corrected chi connectivity index (χ4v) is 4.37. The van der Waals surface area contributed by atoms with E-state index in [4.69, 9.17) is 0 Å². The van der Waals surface area contributed by atoms with E-state index >= 15 is 0 Å². The van der Waals surface area contributed by atoms with E-state index in [1.54, 1.807) is 12.1 Å². The van der Waals surface area contributed by atoms with Gasteiger partial charge in [-0.3, -0.25) is 9.48 Å². The number of H-pyrrole nitrogens is 1. The Morgan fingerprint density at radius 2 is 2.04 bits per heavy atom. The van der Waals surface area contributed by atoms with E-state index in [1.165, 1.54) is 11.8 Å².